The summed E-state index contributed by atoms with van der Waals surface area (Å²) < 4.78 is 0. The van der Waals surface area contributed by atoms with Gasteiger partial charge in [-0.25, -0.2) is 0 Å². The molecule has 7 heteroatoms. The molecule has 0 aromatic carbocycles. The molecule has 0 amide bonds. The van der Waals surface area contributed by atoms with Gasteiger partial charge in [0.2, 0.25) is 0 Å². The van der Waals surface area contributed by atoms with Crippen molar-refractivity contribution < 1.29 is 15.3 Å². The lowest BCUT2D eigenvalue weighted by Gasteiger charge is -2.20. The number of aliphatic hydroxyl groups excluding tert-OH is 3. The molecule has 1 atom stereocenters. The zero-order valence-electron chi connectivity index (χ0n) is 7.99. The second kappa shape index (κ2) is 13.2. The van der Waals surface area contributed by atoms with Gasteiger partial charge in [-0.2, -0.15) is 15.2 Å². The topological polar surface area (TPSA) is 111 Å². The van der Waals surface area contributed by atoms with Crippen LogP contribution in [0.1, 0.15) is 6.42 Å². The van der Waals surface area contributed by atoms with Gasteiger partial charge in [-0.05, 0) is 0 Å². The molecular formula is C7H18BrN2O3P. The number of nitrogens with two attached hydrogens (primary N) is 1. The summed E-state index contributed by atoms with van der Waals surface area (Å²) in [5, 5.41) is 33.6. The first-order valence-corrected chi connectivity index (χ1v) is 4.76. The van der Waals surface area contributed by atoms with E-state index in [1.54, 1.807) is 0 Å². The Morgan fingerprint density at radius 1 is 1.21 bits per heavy atom. The molecule has 0 aliphatic rings. The van der Waals surface area contributed by atoms with E-state index in [4.69, 9.17) is 26.3 Å². The first kappa shape index (κ1) is 19.8. The van der Waals surface area contributed by atoms with Crippen LogP contribution in [-0.2, 0) is 0 Å². The van der Waals surface area contributed by atoms with Crippen LogP contribution in [0.4, 0.5) is 0 Å². The molecule has 86 valence electrons. The highest BCUT2D eigenvalue weighted by atomic mass is 79.9. The Morgan fingerprint density at radius 2 is 1.57 bits per heavy atom. The molecule has 1 unspecified atom stereocenters. The number of nitriles is 1. The third kappa shape index (κ3) is 12.2. The van der Waals surface area contributed by atoms with Gasteiger partial charge in [-0.3, -0.25) is 0 Å². The van der Waals surface area contributed by atoms with Gasteiger partial charge in [0, 0.05) is 11.8 Å². The summed E-state index contributed by atoms with van der Waals surface area (Å²) in [5.41, 5.74) is 3.94. The van der Waals surface area contributed by atoms with Gasteiger partial charge in [0.1, 0.15) is 0 Å². The zero-order valence-corrected chi connectivity index (χ0v) is 11.0. The maximum absolute atomic E-state index is 8.34. The molecule has 0 aliphatic heterocycles. The predicted octanol–water partition coefficient (Wildman–Crippen LogP) is -0.986. The predicted molar refractivity (Wildman–Crippen MR) is 63.3 cm³/mol. The van der Waals surface area contributed by atoms with Crippen LogP contribution in [0.5, 0.6) is 0 Å². The highest BCUT2D eigenvalue weighted by Crippen LogP contribution is 1.93. The molecule has 5 nitrogen and oxygen atoms in total. The van der Waals surface area contributed by atoms with E-state index in [1.165, 1.54) is 0 Å². The van der Waals surface area contributed by atoms with Gasteiger partial charge >= 0.3 is 0 Å². The van der Waals surface area contributed by atoms with Gasteiger partial charge in [0.15, 0.2) is 0 Å². The zero-order chi connectivity index (χ0) is 10.7. The van der Waals surface area contributed by atoms with Crippen molar-refractivity contribution in [3.05, 3.63) is 0 Å². The fourth-order valence-corrected chi connectivity index (χ4v) is 0.370. The Morgan fingerprint density at radius 3 is 1.57 bits per heavy atom. The lowest BCUT2D eigenvalue weighted by Crippen LogP contribution is -2.50. The molecule has 0 fully saturated rings. The lowest BCUT2D eigenvalue weighted by molar-refractivity contribution is 0.0698. The maximum atomic E-state index is 8.34. The van der Waals surface area contributed by atoms with E-state index in [-0.39, 0.29) is 9.90 Å². The maximum Gasteiger partial charge on any atom is 0.0856 e. The molecular weight excluding hydrogens is 271 g/mol. The Labute approximate surface area is 95.7 Å². The average molecular weight is 289 g/mol. The third-order valence-electron chi connectivity index (χ3n) is 1.15. The van der Waals surface area contributed by atoms with Crippen LogP contribution >= 0.6 is 25.8 Å². The Balaban J connectivity index is -0.000000177. The smallest absolute Gasteiger partial charge is 0.0856 e. The van der Waals surface area contributed by atoms with Crippen LogP contribution in [0, 0.1) is 11.3 Å². The van der Waals surface area contributed by atoms with Crippen molar-refractivity contribution in [2.24, 2.45) is 5.73 Å². The molecule has 0 heterocycles. The van der Waals surface area contributed by atoms with E-state index < -0.39 is 25.4 Å². The minimum Gasteiger partial charge on any atom is -0.394 e. The quantitative estimate of drug-likeness (QED) is 0.392. The molecule has 0 aliphatic carbocycles. The van der Waals surface area contributed by atoms with E-state index >= 15 is 0 Å². The third-order valence-corrected chi connectivity index (χ3v) is 1.55. The minimum absolute atomic E-state index is 0. The number of rotatable bonds is 4. The van der Waals surface area contributed by atoms with Crippen LogP contribution in [0.2, 0.25) is 0 Å². The van der Waals surface area contributed by atoms with Gasteiger partial charge < -0.3 is 21.1 Å². The summed E-state index contributed by atoms with van der Waals surface area (Å²) in [6.07, 6.45) is 0.611. The van der Waals surface area contributed by atoms with E-state index in [0.29, 0.717) is 6.42 Å². The second-order valence-corrected chi connectivity index (χ2v) is 3.23. The number of hydrogen-bond donors (Lipinski definition) is 4. The van der Waals surface area contributed by atoms with Gasteiger partial charge in [0.25, 0.3) is 0 Å². The molecule has 0 saturated carbocycles. The van der Waals surface area contributed by atoms with Crippen LogP contribution in [-0.4, -0.2) is 46.0 Å². The van der Waals surface area contributed by atoms with E-state index in [2.05, 4.69) is 15.9 Å². The Hall–Kier alpha value is 0.240. The number of aliphatic hydroxyl groups is 3. The van der Waals surface area contributed by atoms with Crippen LogP contribution in [0.25, 0.3) is 0 Å². The van der Waals surface area contributed by atoms with E-state index in [9.17, 15) is 0 Å². The fraction of sp³-hybridized carbons (Fsp3) is 0.857. The monoisotopic (exact) mass is 288 g/mol. The standard InChI is InChI=1S/C4H11NO3.C3H4BrN.H3P/c5-4(1-6,2-7)3-8;4-2-1-3-5;/h6-8H,1-3,5H2;1-2H2;1H3. The van der Waals surface area contributed by atoms with Gasteiger partial charge in [0.05, 0.1) is 31.4 Å². The van der Waals surface area contributed by atoms with Crippen LogP contribution in [0.15, 0.2) is 0 Å². The normalized spacial score (nSPS) is 9.14. The lowest BCUT2D eigenvalue weighted by atomic mass is 10.1. The largest absolute Gasteiger partial charge is 0.394 e. The molecule has 0 aromatic rings. The number of halogens is 1. The van der Waals surface area contributed by atoms with Gasteiger partial charge in [-0.15, -0.1) is 0 Å². The molecule has 14 heavy (non-hydrogen) atoms. The highest BCUT2D eigenvalue weighted by Gasteiger charge is 2.20. The number of alkyl halides is 1. The van der Waals surface area contributed by atoms with Crippen molar-refractivity contribution in [2.75, 3.05) is 25.2 Å². The molecule has 0 aromatic heterocycles. The fourth-order valence-electron chi connectivity index (χ4n) is 0.192. The van der Waals surface area contributed by atoms with E-state index in [1.807, 2.05) is 6.07 Å². The summed E-state index contributed by atoms with van der Waals surface area (Å²) in [5.74, 6) is 0. The van der Waals surface area contributed by atoms with Crippen molar-refractivity contribution in [2.45, 2.75) is 12.0 Å². The van der Waals surface area contributed by atoms with Crippen molar-refractivity contribution in [1.82, 2.24) is 0 Å². The van der Waals surface area contributed by atoms with Crippen molar-refractivity contribution in [3.8, 4) is 6.07 Å². The second-order valence-electron chi connectivity index (χ2n) is 2.43. The number of hydrogen-bond acceptors (Lipinski definition) is 5. The first-order valence-electron chi connectivity index (χ1n) is 3.64. The van der Waals surface area contributed by atoms with Crippen LogP contribution < -0.4 is 5.73 Å². The highest BCUT2D eigenvalue weighted by molar-refractivity contribution is 9.09. The summed E-state index contributed by atoms with van der Waals surface area (Å²) >= 11 is 3.09. The summed E-state index contributed by atoms with van der Waals surface area (Å²) in [4.78, 5) is 0. The SMILES string of the molecule is N#CCCBr.NC(CO)(CO)CO.P. The van der Waals surface area contributed by atoms with Crippen molar-refractivity contribution in [1.29, 1.82) is 5.26 Å². The van der Waals surface area contributed by atoms with Crippen molar-refractivity contribution in [3.63, 3.8) is 0 Å². The first-order chi connectivity index (χ1) is 6.10. The molecule has 0 spiro atoms. The molecule has 0 rings (SSSR count). The Kier molecular flexibility index (Phi) is 18.7. The molecule has 0 radical (unpaired) electrons. The minimum atomic E-state index is -1.21. The Bertz CT molecular complexity index is 142. The molecule has 0 saturated heterocycles. The summed E-state index contributed by atoms with van der Waals surface area (Å²) in [6.45, 7) is -1.21. The summed E-state index contributed by atoms with van der Waals surface area (Å²) in [6, 6.07) is 1.97. The number of nitrogens with zero attached hydrogens (tertiary/aromatic N) is 1. The van der Waals surface area contributed by atoms with E-state index in [0.717, 1.165) is 5.33 Å². The molecule has 5 N–H and O–H groups in total. The van der Waals surface area contributed by atoms with Crippen molar-refractivity contribution >= 4 is 25.8 Å². The van der Waals surface area contributed by atoms with Gasteiger partial charge in [-0.1, -0.05) is 15.9 Å². The molecule has 0 bridgehead atoms. The van der Waals surface area contributed by atoms with Crippen LogP contribution in [0.3, 0.4) is 0 Å². The summed E-state index contributed by atoms with van der Waals surface area (Å²) in [7, 11) is 0. The average Bonchev–Trinajstić information content (AvgIpc) is 2.19.